The Hall–Kier alpha value is -1.84. The van der Waals surface area contributed by atoms with Gasteiger partial charge < -0.3 is 10.1 Å². The van der Waals surface area contributed by atoms with Crippen LogP contribution < -0.4 is 10.1 Å². The molecule has 1 aromatic rings. The first-order valence-corrected chi connectivity index (χ1v) is 7.27. The van der Waals surface area contributed by atoms with E-state index in [1.165, 1.54) is 0 Å². The summed E-state index contributed by atoms with van der Waals surface area (Å²) in [6.45, 7) is 2.72. The van der Waals surface area contributed by atoms with Crippen molar-refractivity contribution in [2.75, 3.05) is 6.61 Å². The number of amides is 1. The zero-order valence-electron chi connectivity index (χ0n) is 11.9. The molecule has 2 rings (SSSR count). The number of rotatable bonds is 5. The number of carbonyl (C=O) groups excluding carboxylic acids is 2. The van der Waals surface area contributed by atoms with Gasteiger partial charge in [0.2, 0.25) is 5.91 Å². The lowest BCUT2D eigenvalue weighted by Crippen LogP contribution is -2.39. The Morgan fingerprint density at radius 2 is 2.05 bits per heavy atom. The topological polar surface area (TPSA) is 55.4 Å². The lowest BCUT2D eigenvalue weighted by atomic mass is 10.0. The van der Waals surface area contributed by atoms with Crippen LogP contribution in [0.25, 0.3) is 0 Å². The second-order valence-corrected chi connectivity index (χ2v) is 5.10. The number of ether oxygens (including phenoxy) is 1. The molecule has 1 aromatic carbocycles. The third-order valence-electron chi connectivity index (χ3n) is 3.41. The zero-order valence-corrected chi connectivity index (χ0v) is 11.9. The first-order valence-electron chi connectivity index (χ1n) is 7.27. The summed E-state index contributed by atoms with van der Waals surface area (Å²) in [5.74, 6) is 0.736. The Morgan fingerprint density at radius 1 is 1.30 bits per heavy atom. The van der Waals surface area contributed by atoms with E-state index in [1.807, 2.05) is 6.92 Å². The molecule has 1 amide bonds. The van der Waals surface area contributed by atoms with Crippen LogP contribution in [0.15, 0.2) is 24.3 Å². The highest BCUT2D eigenvalue weighted by molar-refractivity contribution is 6.02. The standard InChI is InChI=1S/C16H21NO3/c1-2-11-20-13-9-7-12(8-10-13)16(19)14-5-3-4-6-15(18)17-14/h7-10,14H,2-6,11H2,1H3,(H,17,18). The van der Waals surface area contributed by atoms with Crippen LogP contribution in [0.4, 0.5) is 0 Å². The van der Waals surface area contributed by atoms with Crippen LogP contribution in [0.5, 0.6) is 5.75 Å². The van der Waals surface area contributed by atoms with E-state index in [0.29, 0.717) is 18.6 Å². The van der Waals surface area contributed by atoms with E-state index in [1.54, 1.807) is 24.3 Å². The van der Waals surface area contributed by atoms with Crippen molar-refractivity contribution in [3.63, 3.8) is 0 Å². The fourth-order valence-electron chi connectivity index (χ4n) is 2.31. The predicted molar refractivity (Wildman–Crippen MR) is 77.0 cm³/mol. The van der Waals surface area contributed by atoms with Crippen molar-refractivity contribution in [3.8, 4) is 5.75 Å². The van der Waals surface area contributed by atoms with Gasteiger partial charge in [-0.05, 0) is 43.5 Å². The summed E-state index contributed by atoms with van der Waals surface area (Å²) in [6, 6.07) is 6.77. The van der Waals surface area contributed by atoms with Crippen molar-refractivity contribution in [2.24, 2.45) is 0 Å². The van der Waals surface area contributed by atoms with Crippen molar-refractivity contribution in [3.05, 3.63) is 29.8 Å². The molecule has 0 spiro atoms. The summed E-state index contributed by atoms with van der Waals surface area (Å²) in [4.78, 5) is 23.9. The molecule has 0 radical (unpaired) electrons. The first-order chi connectivity index (χ1) is 9.70. The maximum atomic E-state index is 12.4. The van der Waals surface area contributed by atoms with Gasteiger partial charge in [0, 0.05) is 12.0 Å². The van der Waals surface area contributed by atoms with Gasteiger partial charge in [0.25, 0.3) is 0 Å². The first kappa shape index (κ1) is 14.6. The number of Topliss-reactive ketones (excluding diaryl/α,β-unsaturated/α-hetero) is 1. The van der Waals surface area contributed by atoms with E-state index >= 15 is 0 Å². The average Bonchev–Trinajstić information content (AvgIpc) is 2.69. The van der Waals surface area contributed by atoms with E-state index in [2.05, 4.69) is 5.32 Å². The van der Waals surface area contributed by atoms with Crippen LogP contribution in [0.1, 0.15) is 49.4 Å². The van der Waals surface area contributed by atoms with E-state index in [-0.39, 0.29) is 17.7 Å². The predicted octanol–water partition coefficient (Wildman–Crippen LogP) is 2.72. The molecule has 1 fully saturated rings. The number of hydrogen-bond acceptors (Lipinski definition) is 3. The van der Waals surface area contributed by atoms with Crippen LogP contribution in [-0.2, 0) is 4.79 Å². The third kappa shape index (κ3) is 3.83. The molecule has 1 aliphatic heterocycles. The highest BCUT2D eigenvalue weighted by Gasteiger charge is 2.23. The molecule has 0 aromatic heterocycles. The number of carbonyl (C=O) groups is 2. The highest BCUT2D eigenvalue weighted by atomic mass is 16.5. The van der Waals surface area contributed by atoms with Crippen LogP contribution in [0, 0.1) is 0 Å². The summed E-state index contributed by atoms with van der Waals surface area (Å²) >= 11 is 0. The SMILES string of the molecule is CCCOc1ccc(C(=O)C2CCCCC(=O)N2)cc1. The minimum absolute atomic E-state index is 0.0118. The van der Waals surface area contributed by atoms with Crippen LogP contribution >= 0.6 is 0 Å². The number of benzene rings is 1. The van der Waals surface area contributed by atoms with E-state index in [9.17, 15) is 9.59 Å². The number of hydrogen-bond donors (Lipinski definition) is 1. The van der Waals surface area contributed by atoms with Gasteiger partial charge in [0.15, 0.2) is 5.78 Å². The molecule has 4 nitrogen and oxygen atoms in total. The van der Waals surface area contributed by atoms with Gasteiger partial charge in [-0.2, -0.15) is 0 Å². The molecule has 1 heterocycles. The van der Waals surface area contributed by atoms with Crippen LogP contribution in [-0.4, -0.2) is 24.3 Å². The minimum Gasteiger partial charge on any atom is -0.494 e. The van der Waals surface area contributed by atoms with Crippen molar-refractivity contribution < 1.29 is 14.3 Å². The lowest BCUT2D eigenvalue weighted by molar-refractivity contribution is -0.121. The molecular formula is C16H21NO3. The van der Waals surface area contributed by atoms with E-state index < -0.39 is 0 Å². The normalized spacial score (nSPS) is 19.1. The quantitative estimate of drug-likeness (QED) is 0.841. The molecule has 1 N–H and O–H groups in total. The van der Waals surface area contributed by atoms with Crippen molar-refractivity contribution >= 4 is 11.7 Å². The zero-order chi connectivity index (χ0) is 14.4. The van der Waals surface area contributed by atoms with Gasteiger partial charge in [-0.15, -0.1) is 0 Å². The third-order valence-corrected chi connectivity index (χ3v) is 3.41. The summed E-state index contributed by atoms with van der Waals surface area (Å²) < 4.78 is 5.49. The van der Waals surface area contributed by atoms with Gasteiger partial charge in [-0.25, -0.2) is 0 Å². The van der Waals surface area contributed by atoms with Crippen LogP contribution in [0.3, 0.4) is 0 Å². The minimum atomic E-state index is -0.382. The highest BCUT2D eigenvalue weighted by Crippen LogP contribution is 2.17. The second kappa shape index (κ2) is 7.08. The van der Waals surface area contributed by atoms with Gasteiger partial charge >= 0.3 is 0 Å². The van der Waals surface area contributed by atoms with Gasteiger partial charge in [0.1, 0.15) is 5.75 Å². The van der Waals surface area contributed by atoms with Gasteiger partial charge in [-0.1, -0.05) is 13.3 Å². The maximum absolute atomic E-state index is 12.4. The fraction of sp³-hybridized carbons (Fsp3) is 0.500. The maximum Gasteiger partial charge on any atom is 0.220 e. The van der Waals surface area contributed by atoms with Crippen molar-refractivity contribution in [1.82, 2.24) is 5.32 Å². The Balaban J connectivity index is 2.02. The molecular weight excluding hydrogens is 254 g/mol. The number of nitrogens with one attached hydrogen (secondary N) is 1. The van der Waals surface area contributed by atoms with Crippen LogP contribution in [0.2, 0.25) is 0 Å². The Morgan fingerprint density at radius 3 is 2.75 bits per heavy atom. The molecule has 1 saturated heterocycles. The van der Waals surface area contributed by atoms with Gasteiger partial charge in [0.05, 0.1) is 12.6 Å². The monoisotopic (exact) mass is 275 g/mol. The van der Waals surface area contributed by atoms with E-state index in [0.717, 1.165) is 31.4 Å². The Bertz CT molecular complexity index is 467. The summed E-state index contributed by atoms with van der Waals surface area (Å²) in [7, 11) is 0. The molecule has 0 saturated carbocycles. The molecule has 0 bridgehead atoms. The lowest BCUT2D eigenvalue weighted by Gasteiger charge is -2.14. The van der Waals surface area contributed by atoms with Gasteiger partial charge in [-0.3, -0.25) is 9.59 Å². The molecule has 0 aliphatic carbocycles. The molecule has 1 unspecified atom stereocenters. The number of ketones is 1. The fourth-order valence-corrected chi connectivity index (χ4v) is 2.31. The van der Waals surface area contributed by atoms with Crippen molar-refractivity contribution in [1.29, 1.82) is 0 Å². The molecule has 1 aliphatic rings. The molecule has 20 heavy (non-hydrogen) atoms. The average molecular weight is 275 g/mol. The Labute approximate surface area is 119 Å². The Kier molecular flexibility index (Phi) is 5.16. The molecule has 108 valence electrons. The van der Waals surface area contributed by atoms with Crippen molar-refractivity contribution in [2.45, 2.75) is 45.1 Å². The smallest absolute Gasteiger partial charge is 0.220 e. The summed E-state index contributed by atoms with van der Waals surface area (Å²) in [5.41, 5.74) is 0.626. The summed E-state index contributed by atoms with van der Waals surface area (Å²) in [5, 5.41) is 2.81. The van der Waals surface area contributed by atoms with E-state index in [4.69, 9.17) is 4.74 Å². The summed E-state index contributed by atoms with van der Waals surface area (Å²) in [6.07, 6.45) is 3.97. The molecule has 4 heteroatoms. The second-order valence-electron chi connectivity index (χ2n) is 5.10. The largest absolute Gasteiger partial charge is 0.494 e. The molecule has 1 atom stereocenters.